The van der Waals surface area contributed by atoms with Crippen molar-refractivity contribution >= 4 is 18.2 Å². The normalized spacial score (nSPS) is 12.2. The van der Waals surface area contributed by atoms with Crippen LogP contribution in [0.1, 0.15) is 54.3 Å². The molecule has 4 aromatic rings. The average Bonchev–Trinajstić information content (AvgIpc) is 3.58. The van der Waals surface area contributed by atoms with E-state index < -0.39 is 17.9 Å². The average molecular weight is 612 g/mol. The molecule has 3 amide bonds. The summed E-state index contributed by atoms with van der Waals surface area (Å²) < 4.78 is 11.8. The third-order valence-electron chi connectivity index (χ3n) is 7.37. The number of ether oxygens (including phenoxy) is 1. The molecule has 0 aliphatic carbocycles. The third kappa shape index (κ3) is 10.4. The first-order chi connectivity index (χ1) is 22.1. The summed E-state index contributed by atoms with van der Waals surface area (Å²) in [6.45, 7) is 2.52. The Hall–Kier alpha value is -4.73. The first-order valence-electron chi connectivity index (χ1n) is 15.3. The Labute approximate surface area is 264 Å². The van der Waals surface area contributed by atoms with Crippen LogP contribution in [0.4, 0.5) is 0 Å². The van der Waals surface area contributed by atoms with E-state index in [1.54, 1.807) is 12.1 Å². The zero-order valence-electron chi connectivity index (χ0n) is 25.6. The van der Waals surface area contributed by atoms with Gasteiger partial charge in [-0.2, -0.15) is 0 Å². The van der Waals surface area contributed by atoms with E-state index in [2.05, 4.69) is 17.6 Å². The van der Waals surface area contributed by atoms with Crippen LogP contribution in [0.5, 0.6) is 0 Å². The molecule has 9 nitrogen and oxygen atoms in total. The van der Waals surface area contributed by atoms with Gasteiger partial charge in [-0.05, 0) is 29.7 Å². The number of benzene rings is 3. The van der Waals surface area contributed by atoms with Gasteiger partial charge in [0.05, 0.1) is 31.8 Å². The lowest BCUT2D eigenvalue weighted by Gasteiger charge is -2.33. The van der Waals surface area contributed by atoms with Crippen molar-refractivity contribution in [1.82, 2.24) is 15.7 Å². The Balaban J connectivity index is 1.43. The van der Waals surface area contributed by atoms with E-state index in [0.29, 0.717) is 25.2 Å². The summed E-state index contributed by atoms with van der Waals surface area (Å²) in [6.07, 6.45) is 3.77. The topological polar surface area (TPSA) is 110 Å². The Bertz CT molecular complexity index is 1450. The predicted molar refractivity (Wildman–Crippen MR) is 171 cm³/mol. The molecule has 0 saturated heterocycles. The van der Waals surface area contributed by atoms with Gasteiger partial charge in [-0.15, -0.1) is 0 Å². The monoisotopic (exact) mass is 611 g/mol. The number of hydrogen-bond donors (Lipinski definition) is 2. The fourth-order valence-corrected chi connectivity index (χ4v) is 4.93. The molecule has 0 unspecified atom stereocenters. The number of unbranched alkanes of at least 4 members (excludes halogenated alkanes) is 2. The van der Waals surface area contributed by atoms with Gasteiger partial charge >= 0.3 is 0 Å². The lowest BCUT2D eigenvalue weighted by molar-refractivity contribution is -0.207. The molecular weight excluding hydrogens is 570 g/mol. The maximum atomic E-state index is 13.7. The van der Waals surface area contributed by atoms with Gasteiger partial charge in [0.25, 0.3) is 5.91 Å². The molecule has 0 bridgehead atoms. The number of amides is 3. The van der Waals surface area contributed by atoms with Gasteiger partial charge in [-0.25, -0.2) is 5.06 Å². The molecule has 2 atom stereocenters. The minimum Gasteiger partial charge on any atom is -0.451 e. The fraction of sp³-hybridized carbons (Fsp3) is 0.306. The van der Waals surface area contributed by atoms with Gasteiger partial charge in [0, 0.05) is 5.56 Å². The number of furan rings is 1. The van der Waals surface area contributed by atoms with Crippen molar-refractivity contribution in [2.45, 2.75) is 51.9 Å². The van der Waals surface area contributed by atoms with E-state index in [1.165, 1.54) is 5.06 Å². The van der Waals surface area contributed by atoms with E-state index in [0.717, 1.165) is 36.0 Å². The summed E-state index contributed by atoms with van der Waals surface area (Å²) in [7, 11) is 0. The van der Waals surface area contributed by atoms with E-state index in [9.17, 15) is 14.4 Å². The highest BCUT2D eigenvalue weighted by molar-refractivity contribution is 5.92. The number of carbonyl (C=O) groups is 3. The van der Waals surface area contributed by atoms with Crippen molar-refractivity contribution in [3.8, 4) is 11.3 Å². The van der Waals surface area contributed by atoms with Gasteiger partial charge < -0.3 is 19.8 Å². The van der Waals surface area contributed by atoms with Crippen LogP contribution in [-0.4, -0.2) is 42.6 Å². The molecular formula is C36H41N3O6. The number of carbonyl (C=O) groups excluding carboxylic acids is 3. The van der Waals surface area contributed by atoms with Crippen LogP contribution in [0, 0.1) is 5.92 Å². The van der Waals surface area contributed by atoms with E-state index in [1.807, 2.05) is 91.0 Å². The van der Waals surface area contributed by atoms with E-state index in [-0.39, 0.29) is 31.5 Å². The zero-order valence-corrected chi connectivity index (χ0v) is 25.6. The van der Waals surface area contributed by atoms with Crippen LogP contribution in [0.2, 0.25) is 0 Å². The van der Waals surface area contributed by atoms with Gasteiger partial charge in [0.15, 0.2) is 5.76 Å². The fourth-order valence-electron chi connectivity index (χ4n) is 4.93. The molecule has 9 heteroatoms. The zero-order chi connectivity index (χ0) is 31.7. The van der Waals surface area contributed by atoms with E-state index in [4.69, 9.17) is 14.0 Å². The van der Waals surface area contributed by atoms with Crippen molar-refractivity contribution < 1.29 is 28.4 Å². The summed E-state index contributed by atoms with van der Waals surface area (Å²) in [5.41, 5.74) is 2.72. The molecule has 1 heterocycles. The molecule has 1 aromatic heterocycles. The van der Waals surface area contributed by atoms with Crippen molar-refractivity contribution in [3.05, 3.63) is 120 Å². The highest BCUT2D eigenvalue weighted by atomic mass is 16.7. The summed E-state index contributed by atoms with van der Waals surface area (Å²) >= 11 is 0. The number of rotatable bonds is 19. The number of hydrogen-bond acceptors (Lipinski definition) is 6. The largest absolute Gasteiger partial charge is 0.451 e. The molecule has 0 radical (unpaired) electrons. The van der Waals surface area contributed by atoms with Crippen molar-refractivity contribution in [1.29, 1.82) is 0 Å². The van der Waals surface area contributed by atoms with Gasteiger partial charge in [-0.1, -0.05) is 117 Å². The first-order valence-corrected chi connectivity index (χ1v) is 15.3. The number of nitrogens with zero attached hydrogens (tertiary/aromatic N) is 1. The standard InChI is InChI=1S/C36H41N3O6/c1-2-3-7-20-31(35(41)37-26-38-36(42)34-22-21-33(45-34)30-18-12-6-13-19-30)32(25-43-23-28-14-8-4-9-15-28)39(27-40)44-24-29-16-10-5-11-17-29/h4-6,8-19,21-22,27,31-32H,2-3,7,20,23-26H2,1H3,(H,37,41)(H,38,42)/t31-,32-/m1/s1. The molecule has 0 spiro atoms. The minimum absolute atomic E-state index is 0.0770. The maximum Gasteiger partial charge on any atom is 0.288 e. The van der Waals surface area contributed by atoms with Crippen molar-refractivity contribution in [2.75, 3.05) is 13.3 Å². The van der Waals surface area contributed by atoms with Crippen LogP contribution in [0.25, 0.3) is 11.3 Å². The SMILES string of the molecule is CCCCC[C@@H](C(=O)NCNC(=O)c1ccc(-c2ccccc2)o1)[C@@H](COCc1ccccc1)N(C=O)OCc1ccccc1. The van der Waals surface area contributed by atoms with E-state index >= 15 is 0 Å². The van der Waals surface area contributed by atoms with Gasteiger partial charge in [0.1, 0.15) is 12.4 Å². The second kappa shape index (κ2) is 18.2. The maximum absolute atomic E-state index is 13.7. The molecule has 0 aliphatic heterocycles. The number of nitrogens with one attached hydrogen (secondary N) is 2. The molecule has 2 N–H and O–H groups in total. The second-order valence-corrected chi connectivity index (χ2v) is 10.6. The highest BCUT2D eigenvalue weighted by Crippen LogP contribution is 2.23. The summed E-state index contributed by atoms with van der Waals surface area (Å²) in [4.78, 5) is 44.8. The molecule has 0 saturated carbocycles. The second-order valence-electron chi connectivity index (χ2n) is 10.6. The summed E-state index contributed by atoms with van der Waals surface area (Å²) in [5, 5.41) is 6.72. The minimum atomic E-state index is -0.707. The van der Waals surface area contributed by atoms with Gasteiger partial charge in [-0.3, -0.25) is 19.2 Å². The van der Waals surface area contributed by atoms with Crippen LogP contribution in [0.3, 0.4) is 0 Å². The predicted octanol–water partition coefficient (Wildman–Crippen LogP) is 6.12. The summed E-state index contributed by atoms with van der Waals surface area (Å²) in [6, 6.07) is 31.3. The van der Waals surface area contributed by atoms with Gasteiger partial charge in [0.2, 0.25) is 12.3 Å². The Morgan fingerprint density at radius 2 is 1.47 bits per heavy atom. The van der Waals surface area contributed by atoms with Crippen LogP contribution in [-0.2, 0) is 32.4 Å². The Kier molecular flexibility index (Phi) is 13.4. The first kappa shape index (κ1) is 33.2. The molecule has 0 fully saturated rings. The van der Waals surface area contributed by atoms with Crippen LogP contribution >= 0.6 is 0 Å². The smallest absolute Gasteiger partial charge is 0.288 e. The highest BCUT2D eigenvalue weighted by Gasteiger charge is 2.33. The third-order valence-corrected chi connectivity index (χ3v) is 7.37. The number of hydroxylamine groups is 2. The molecule has 3 aromatic carbocycles. The quantitative estimate of drug-likeness (QED) is 0.0572. The van der Waals surface area contributed by atoms with Crippen LogP contribution < -0.4 is 10.6 Å². The Morgan fingerprint density at radius 1 is 0.822 bits per heavy atom. The molecule has 0 aliphatic rings. The Morgan fingerprint density at radius 3 is 2.11 bits per heavy atom. The molecule has 4 rings (SSSR count). The van der Waals surface area contributed by atoms with Crippen LogP contribution in [0.15, 0.2) is 108 Å². The lowest BCUT2D eigenvalue weighted by Crippen LogP contribution is -2.50. The lowest BCUT2D eigenvalue weighted by atomic mass is 9.92. The van der Waals surface area contributed by atoms with Crippen molar-refractivity contribution in [3.63, 3.8) is 0 Å². The molecule has 45 heavy (non-hydrogen) atoms. The molecule has 236 valence electrons. The summed E-state index contributed by atoms with van der Waals surface area (Å²) in [5.74, 6) is -0.721. The van der Waals surface area contributed by atoms with Crippen molar-refractivity contribution in [2.24, 2.45) is 5.92 Å².